The van der Waals surface area contributed by atoms with Gasteiger partial charge in [-0.25, -0.2) is 4.79 Å². The highest BCUT2D eigenvalue weighted by molar-refractivity contribution is 9.10. The van der Waals surface area contributed by atoms with Crippen LogP contribution < -0.4 is 0 Å². The minimum absolute atomic E-state index is 0.0432. The van der Waals surface area contributed by atoms with E-state index in [1.54, 1.807) is 19.1 Å². The Morgan fingerprint density at radius 1 is 1.43 bits per heavy atom. The number of carbonyl (C=O) groups excluding carboxylic acids is 1. The van der Waals surface area contributed by atoms with Crippen LogP contribution in [0.5, 0.6) is 5.75 Å². The van der Waals surface area contributed by atoms with Gasteiger partial charge in [-0.1, -0.05) is 0 Å². The predicted molar refractivity (Wildman–Crippen MR) is 91.7 cm³/mol. The molecule has 1 aromatic carbocycles. The van der Waals surface area contributed by atoms with Crippen LogP contribution in [0.25, 0.3) is 10.9 Å². The Bertz CT molecular complexity index is 727. The van der Waals surface area contributed by atoms with Crippen LogP contribution in [0.15, 0.2) is 16.6 Å². The average Bonchev–Trinajstić information content (AvgIpc) is 2.73. The summed E-state index contributed by atoms with van der Waals surface area (Å²) in [6.07, 6.45) is 0. The van der Waals surface area contributed by atoms with Crippen LogP contribution in [0.2, 0.25) is 0 Å². The molecule has 0 atom stereocenters. The maximum Gasteiger partial charge on any atom is 0.340 e. The van der Waals surface area contributed by atoms with E-state index < -0.39 is 5.97 Å². The zero-order chi connectivity index (χ0) is 17.1. The lowest BCUT2D eigenvalue weighted by atomic mass is 10.1. The summed E-state index contributed by atoms with van der Waals surface area (Å²) in [7, 11) is 3.74. The van der Waals surface area contributed by atoms with Crippen molar-refractivity contribution in [3.63, 3.8) is 0 Å². The van der Waals surface area contributed by atoms with E-state index in [9.17, 15) is 9.90 Å². The van der Waals surface area contributed by atoms with Crippen LogP contribution >= 0.6 is 15.9 Å². The lowest BCUT2D eigenvalue weighted by Gasteiger charge is -2.17. The van der Waals surface area contributed by atoms with Gasteiger partial charge in [0.25, 0.3) is 0 Å². The van der Waals surface area contributed by atoms with E-state index in [0.29, 0.717) is 28.5 Å². The minimum Gasteiger partial charge on any atom is -0.507 e. The number of fused-ring (bicyclic) bond motifs is 1. The highest BCUT2D eigenvalue weighted by Gasteiger charge is 2.24. The smallest absolute Gasteiger partial charge is 0.340 e. The molecule has 1 aromatic heterocycles. The molecule has 0 saturated heterocycles. The number of aliphatic hydroxyl groups is 1. The van der Waals surface area contributed by atoms with Crippen molar-refractivity contribution < 1.29 is 19.7 Å². The largest absolute Gasteiger partial charge is 0.507 e. The van der Waals surface area contributed by atoms with E-state index >= 15 is 0 Å². The van der Waals surface area contributed by atoms with E-state index in [4.69, 9.17) is 9.84 Å². The third-order valence-electron chi connectivity index (χ3n) is 3.77. The van der Waals surface area contributed by atoms with E-state index in [0.717, 1.165) is 11.2 Å². The second kappa shape index (κ2) is 7.33. The van der Waals surface area contributed by atoms with Crippen LogP contribution in [0.1, 0.15) is 23.0 Å². The number of hydrogen-bond acceptors (Lipinski definition) is 5. The molecule has 23 heavy (non-hydrogen) atoms. The molecule has 0 aliphatic rings. The number of ether oxygens (including phenoxy) is 1. The lowest BCUT2D eigenvalue weighted by molar-refractivity contribution is 0.0526. The van der Waals surface area contributed by atoms with Crippen molar-refractivity contribution >= 4 is 32.8 Å². The summed E-state index contributed by atoms with van der Waals surface area (Å²) in [6.45, 7) is 3.07. The standard InChI is InChI=1S/C16H21BrN2O4/c1-4-23-16(22)15-10-7-14(21)11(17)8-12(10)19(3)13(15)9-18(2)5-6-20/h7-8,20-21H,4-6,9H2,1-3H3. The highest BCUT2D eigenvalue weighted by atomic mass is 79.9. The fraction of sp³-hybridized carbons (Fsp3) is 0.438. The predicted octanol–water partition coefficient (Wildman–Crippen LogP) is 2.25. The molecule has 126 valence electrons. The number of likely N-dealkylation sites (N-methyl/N-ethyl adjacent to an activating group) is 1. The van der Waals surface area contributed by atoms with Crippen molar-refractivity contribution in [2.24, 2.45) is 7.05 Å². The number of benzene rings is 1. The molecule has 0 fully saturated rings. The third-order valence-corrected chi connectivity index (χ3v) is 4.41. The molecule has 2 N–H and O–H groups in total. The molecule has 0 spiro atoms. The molecule has 2 rings (SSSR count). The normalized spacial score (nSPS) is 11.4. The van der Waals surface area contributed by atoms with E-state index in [1.165, 1.54) is 0 Å². The van der Waals surface area contributed by atoms with Gasteiger partial charge in [0.05, 0.1) is 28.8 Å². The summed E-state index contributed by atoms with van der Waals surface area (Å²) in [4.78, 5) is 14.4. The fourth-order valence-electron chi connectivity index (χ4n) is 2.62. The first-order valence-electron chi connectivity index (χ1n) is 7.37. The molecule has 1 heterocycles. The number of carbonyl (C=O) groups is 1. The number of aromatic hydroxyl groups is 1. The molecule has 0 saturated carbocycles. The van der Waals surface area contributed by atoms with Crippen molar-refractivity contribution in [3.8, 4) is 5.75 Å². The Morgan fingerprint density at radius 3 is 2.74 bits per heavy atom. The molecule has 0 unspecified atom stereocenters. The van der Waals surface area contributed by atoms with Crippen molar-refractivity contribution in [1.82, 2.24) is 9.47 Å². The number of rotatable bonds is 6. The minimum atomic E-state index is -0.410. The maximum absolute atomic E-state index is 12.4. The Labute approximate surface area is 143 Å². The van der Waals surface area contributed by atoms with Crippen LogP contribution in [0.3, 0.4) is 0 Å². The third kappa shape index (κ3) is 3.52. The molecule has 0 radical (unpaired) electrons. The first kappa shape index (κ1) is 17.8. The number of nitrogens with zero attached hydrogens (tertiary/aromatic N) is 2. The second-order valence-corrected chi connectivity index (χ2v) is 6.24. The Kier molecular flexibility index (Phi) is 5.67. The highest BCUT2D eigenvalue weighted by Crippen LogP contribution is 2.34. The summed E-state index contributed by atoms with van der Waals surface area (Å²) in [6, 6.07) is 3.35. The number of aryl methyl sites for hydroxylation is 1. The molecular weight excluding hydrogens is 364 g/mol. The molecule has 0 aliphatic heterocycles. The number of phenols is 1. The van der Waals surface area contributed by atoms with Gasteiger partial charge in [-0.05, 0) is 42.0 Å². The Hall–Kier alpha value is -1.57. The van der Waals surface area contributed by atoms with Crippen LogP contribution in [0, 0.1) is 0 Å². The monoisotopic (exact) mass is 384 g/mol. The van der Waals surface area contributed by atoms with Crippen molar-refractivity contribution in [2.45, 2.75) is 13.5 Å². The molecule has 0 bridgehead atoms. The van der Waals surface area contributed by atoms with Gasteiger partial charge in [0.2, 0.25) is 0 Å². The topological polar surface area (TPSA) is 74.9 Å². The van der Waals surface area contributed by atoms with Gasteiger partial charge in [-0.15, -0.1) is 0 Å². The van der Waals surface area contributed by atoms with Gasteiger partial charge < -0.3 is 19.5 Å². The Morgan fingerprint density at radius 2 is 2.13 bits per heavy atom. The van der Waals surface area contributed by atoms with Crippen molar-refractivity contribution in [2.75, 3.05) is 26.8 Å². The molecule has 6 nitrogen and oxygen atoms in total. The van der Waals surface area contributed by atoms with E-state index in [2.05, 4.69) is 15.9 Å². The first-order chi connectivity index (χ1) is 10.9. The molecule has 2 aromatic rings. The van der Waals surface area contributed by atoms with Crippen LogP contribution in [-0.4, -0.2) is 52.5 Å². The maximum atomic E-state index is 12.4. The number of phenolic OH excluding ortho intramolecular Hbond substituents is 1. The van der Waals surface area contributed by atoms with E-state index in [-0.39, 0.29) is 19.0 Å². The molecule has 0 aliphatic carbocycles. The fourth-order valence-corrected chi connectivity index (χ4v) is 2.95. The average molecular weight is 385 g/mol. The van der Waals surface area contributed by atoms with Gasteiger partial charge in [-0.2, -0.15) is 0 Å². The summed E-state index contributed by atoms with van der Waals surface area (Å²) >= 11 is 3.30. The van der Waals surface area contributed by atoms with Gasteiger partial charge in [0, 0.05) is 31.2 Å². The number of aliphatic hydroxyl groups excluding tert-OH is 1. The summed E-state index contributed by atoms with van der Waals surface area (Å²) < 4.78 is 7.67. The second-order valence-electron chi connectivity index (χ2n) is 5.38. The van der Waals surface area contributed by atoms with E-state index in [1.807, 2.05) is 23.6 Å². The summed E-state index contributed by atoms with van der Waals surface area (Å²) in [5.74, 6) is -0.337. The lowest BCUT2D eigenvalue weighted by Crippen LogP contribution is -2.24. The van der Waals surface area contributed by atoms with Crippen molar-refractivity contribution in [1.29, 1.82) is 0 Å². The summed E-state index contributed by atoms with van der Waals surface area (Å²) in [5, 5.41) is 19.7. The van der Waals surface area contributed by atoms with Crippen molar-refractivity contribution in [3.05, 3.63) is 27.9 Å². The summed E-state index contributed by atoms with van der Waals surface area (Å²) in [5.41, 5.74) is 2.06. The SMILES string of the molecule is CCOC(=O)c1c(CN(C)CCO)n(C)c2cc(Br)c(O)cc12. The van der Waals surface area contributed by atoms with Crippen LogP contribution in [-0.2, 0) is 18.3 Å². The molecule has 7 heteroatoms. The number of aromatic nitrogens is 1. The molecular formula is C16H21BrN2O4. The number of esters is 1. The van der Waals surface area contributed by atoms with Gasteiger partial charge in [0.1, 0.15) is 5.75 Å². The van der Waals surface area contributed by atoms with Gasteiger partial charge in [0.15, 0.2) is 0 Å². The number of halogens is 1. The zero-order valence-corrected chi connectivity index (χ0v) is 15.1. The Balaban J connectivity index is 2.64. The van der Waals surface area contributed by atoms with Gasteiger partial charge >= 0.3 is 5.97 Å². The quantitative estimate of drug-likeness (QED) is 0.747. The van der Waals surface area contributed by atoms with Gasteiger partial charge in [-0.3, -0.25) is 4.90 Å². The number of hydrogen-bond donors (Lipinski definition) is 2. The molecule has 0 amide bonds. The first-order valence-corrected chi connectivity index (χ1v) is 8.16. The van der Waals surface area contributed by atoms with Crippen LogP contribution in [0.4, 0.5) is 0 Å². The zero-order valence-electron chi connectivity index (χ0n) is 13.5.